The van der Waals surface area contributed by atoms with Crippen LogP contribution in [0.5, 0.6) is 0 Å². The molecule has 102 valence electrons. The third-order valence-electron chi connectivity index (χ3n) is 2.98. The van der Waals surface area contributed by atoms with Gasteiger partial charge < -0.3 is 15.2 Å². The fraction of sp³-hybridized carbons (Fsp3) is 0.600. The molecular weight excluding hydrogens is 226 g/mol. The van der Waals surface area contributed by atoms with Crippen molar-refractivity contribution in [3.63, 3.8) is 0 Å². The Bertz CT molecular complexity index is 304. The van der Waals surface area contributed by atoms with Crippen molar-refractivity contribution in [2.45, 2.75) is 32.2 Å². The molecule has 1 aliphatic heterocycles. The summed E-state index contributed by atoms with van der Waals surface area (Å²) in [5, 5.41) is 12.1. The van der Waals surface area contributed by atoms with Gasteiger partial charge in [0, 0.05) is 6.04 Å². The quantitative estimate of drug-likeness (QED) is 0.375. The molecule has 0 aromatic carbocycles. The summed E-state index contributed by atoms with van der Waals surface area (Å²) in [5.41, 5.74) is 2.02. The molecule has 1 aliphatic rings. The highest BCUT2D eigenvalue weighted by atomic mass is 16.5. The fourth-order valence-electron chi connectivity index (χ4n) is 1.73. The molecule has 0 aliphatic carbocycles. The Balaban J connectivity index is 1.98. The van der Waals surface area contributed by atoms with Gasteiger partial charge in [0.2, 0.25) is 0 Å². The number of hydrogen-bond acceptors (Lipinski definition) is 3. The van der Waals surface area contributed by atoms with Crippen molar-refractivity contribution in [2.75, 3.05) is 26.4 Å². The molecule has 2 N–H and O–H groups in total. The minimum Gasteiger partial charge on any atom is -0.392 e. The van der Waals surface area contributed by atoms with Gasteiger partial charge in [-0.1, -0.05) is 30.4 Å². The van der Waals surface area contributed by atoms with Crippen molar-refractivity contribution in [3.05, 3.63) is 36.0 Å². The predicted octanol–water partition coefficient (Wildman–Crippen LogP) is 2.20. The first kappa shape index (κ1) is 15.2. The summed E-state index contributed by atoms with van der Waals surface area (Å²) in [4.78, 5) is 0. The van der Waals surface area contributed by atoms with Crippen molar-refractivity contribution >= 4 is 0 Å². The minimum atomic E-state index is 0.0379. The van der Waals surface area contributed by atoms with Gasteiger partial charge in [0.05, 0.1) is 19.8 Å². The molecule has 1 saturated heterocycles. The smallest absolute Gasteiger partial charge is 0.0676 e. The highest BCUT2D eigenvalue weighted by Crippen LogP contribution is 2.07. The number of hydrogen-bond donors (Lipinski definition) is 2. The number of allylic oxidation sites excluding steroid dienone is 2. The maximum atomic E-state index is 8.84. The van der Waals surface area contributed by atoms with Crippen molar-refractivity contribution < 1.29 is 9.84 Å². The van der Waals surface area contributed by atoms with Crippen LogP contribution >= 0.6 is 0 Å². The van der Waals surface area contributed by atoms with Gasteiger partial charge in [-0.05, 0) is 38.3 Å². The van der Waals surface area contributed by atoms with E-state index in [-0.39, 0.29) is 6.61 Å². The van der Waals surface area contributed by atoms with E-state index in [1.54, 1.807) is 0 Å². The van der Waals surface area contributed by atoms with E-state index in [9.17, 15) is 0 Å². The molecule has 18 heavy (non-hydrogen) atoms. The van der Waals surface area contributed by atoms with Crippen LogP contribution in [0.4, 0.5) is 0 Å². The molecule has 1 atom stereocenters. The van der Waals surface area contributed by atoms with Crippen LogP contribution in [-0.2, 0) is 4.74 Å². The van der Waals surface area contributed by atoms with Crippen molar-refractivity contribution in [1.82, 2.24) is 5.32 Å². The van der Waals surface area contributed by atoms with Crippen molar-refractivity contribution in [2.24, 2.45) is 0 Å². The van der Waals surface area contributed by atoms with E-state index >= 15 is 0 Å². The van der Waals surface area contributed by atoms with Gasteiger partial charge in [-0.3, -0.25) is 0 Å². The second-order valence-corrected chi connectivity index (χ2v) is 4.79. The Morgan fingerprint density at radius 2 is 2.28 bits per heavy atom. The Labute approximate surface area is 110 Å². The summed E-state index contributed by atoms with van der Waals surface area (Å²) in [7, 11) is 0. The van der Waals surface area contributed by atoms with Crippen LogP contribution in [0.15, 0.2) is 36.0 Å². The zero-order chi connectivity index (χ0) is 13.2. The van der Waals surface area contributed by atoms with E-state index in [4.69, 9.17) is 9.84 Å². The molecule has 0 aromatic heterocycles. The average molecular weight is 251 g/mol. The molecule has 3 heteroatoms. The summed E-state index contributed by atoms with van der Waals surface area (Å²) in [6.45, 7) is 8.49. The summed E-state index contributed by atoms with van der Waals surface area (Å²) in [5.74, 6) is 0. The Kier molecular flexibility index (Phi) is 7.65. The number of aliphatic hydroxyl groups excluding tert-OH is 1. The molecule has 0 bridgehead atoms. The van der Waals surface area contributed by atoms with Gasteiger partial charge >= 0.3 is 0 Å². The third-order valence-corrected chi connectivity index (χ3v) is 2.98. The van der Waals surface area contributed by atoms with Gasteiger partial charge in [-0.15, -0.1) is 0 Å². The Morgan fingerprint density at radius 1 is 1.50 bits per heavy atom. The van der Waals surface area contributed by atoms with E-state index in [0.29, 0.717) is 12.6 Å². The van der Waals surface area contributed by atoms with Crippen LogP contribution in [0, 0.1) is 0 Å². The van der Waals surface area contributed by atoms with Crippen LogP contribution in [0.2, 0.25) is 0 Å². The lowest BCUT2D eigenvalue weighted by Gasteiger charge is -2.26. The van der Waals surface area contributed by atoms with E-state index in [1.807, 2.05) is 6.08 Å². The van der Waals surface area contributed by atoms with E-state index in [0.717, 1.165) is 31.6 Å². The second kappa shape index (κ2) is 9.09. The monoisotopic (exact) mass is 251 g/mol. The lowest BCUT2D eigenvalue weighted by Crippen LogP contribution is -2.45. The molecule has 0 amide bonds. The van der Waals surface area contributed by atoms with E-state index in [1.165, 1.54) is 12.0 Å². The Morgan fingerprint density at radius 3 is 2.89 bits per heavy atom. The van der Waals surface area contributed by atoms with Crippen LogP contribution in [0.1, 0.15) is 26.2 Å². The van der Waals surface area contributed by atoms with Crippen LogP contribution in [0.25, 0.3) is 0 Å². The second-order valence-electron chi connectivity index (χ2n) is 4.79. The van der Waals surface area contributed by atoms with Gasteiger partial charge in [0.25, 0.3) is 0 Å². The highest BCUT2D eigenvalue weighted by molar-refractivity contribution is 5.19. The molecule has 1 heterocycles. The zero-order valence-electron chi connectivity index (χ0n) is 11.3. The summed E-state index contributed by atoms with van der Waals surface area (Å²) >= 11 is 0. The molecule has 0 radical (unpaired) electrons. The standard InChI is InChI=1S/C15H25NO2/c1-13(10-14(2)11-17)6-4-3-5-9-18-12-15-7-8-16-15/h3,5,10,15-17H,2,4,6-9,11-12H2,1H3/b5-3+,13-10+. The first-order valence-corrected chi connectivity index (χ1v) is 6.64. The number of nitrogens with one attached hydrogen (secondary N) is 1. The molecule has 1 unspecified atom stereocenters. The largest absolute Gasteiger partial charge is 0.392 e. The number of rotatable bonds is 9. The SMILES string of the molecule is C=C(/C=C(\C)CC/C=C/COCC1CCN1)CO. The number of aliphatic hydroxyl groups is 1. The van der Waals surface area contributed by atoms with Crippen LogP contribution < -0.4 is 5.32 Å². The fourth-order valence-corrected chi connectivity index (χ4v) is 1.73. The molecular formula is C15H25NO2. The summed E-state index contributed by atoms with van der Waals surface area (Å²) in [6, 6.07) is 0.577. The average Bonchev–Trinajstić information content (AvgIpc) is 2.30. The summed E-state index contributed by atoms with van der Waals surface area (Å²) in [6.07, 6.45) is 9.42. The lowest BCUT2D eigenvalue weighted by molar-refractivity contribution is 0.113. The van der Waals surface area contributed by atoms with Crippen LogP contribution in [0.3, 0.4) is 0 Å². The predicted molar refractivity (Wildman–Crippen MR) is 75.6 cm³/mol. The van der Waals surface area contributed by atoms with Gasteiger partial charge in [-0.2, -0.15) is 0 Å². The molecule has 1 rings (SSSR count). The van der Waals surface area contributed by atoms with Gasteiger partial charge in [0.1, 0.15) is 0 Å². The zero-order valence-corrected chi connectivity index (χ0v) is 11.3. The topological polar surface area (TPSA) is 41.5 Å². The lowest BCUT2D eigenvalue weighted by atomic mass is 10.1. The summed E-state index contributed by atoms with van der Waals surface area (Å²) < 4.78 is 5.52. The first-order chi connectivity index (χ1) is 8.72. The number of ether oxygens (including phenoxy) is 1. The van der Waals surface area contributed by atoms with E-state index < -0.39 is 0 Å². The van der Waals surface area contributed by atoms with E-state index in [2.05, 4.69) is 31.0 Å². The molecule has 1 fully saturated rings. The van der Waals surface area contributed by atoms with Gasteiger partial charge in [0.15, 0.2) is 0 Å². The third kappa shape index (κ3) is 6.74. The van der Waals surface area contributed by atoms with Crippen LogP contribution in [-0.4, -0.2) is 37.5 Å². The highest BCUT2D eigenvalue weighted by Gasteiger charge is 2.15. The first-order valence-electron chi connectivity index (χ1n) is 6.64. The maximum absolute atomic E-state index is 8.84. The maximum Gasteiger partial charge on any atom is 0.0676 e. The molecule has 0 spiro atoms. The minimum absolute atomic E-state index is 0.0379. The Hall–Kier alpha value is -0.900. The van der Waals surface area contributed by atoms with Gasteiger partial charge in [-0.25, -0.2) is 0 Å². The molecule has 0 saturated carbocycles. The normalized spacial score (nSPS) is 20.1. The van der Waals surface area contributed by atoms with Crippen molar-refractivity contribution in [3.8, 4) is 0 Å². The molecule has 3 nitrogen and oxygen atoms in total. The molecule has 0 aromatic rings. The van der Waals surface area contributed by atoms with Crippen molar-refractivity contribution in [1.29, 1.82) is 0 Å².